The van der Waals surface area contributed by atoms with Crippen LogP contribution in [0.3, 0.4) is 0 Å². The van der Waals surface area contributed by atoms with Gasteiger partial charge in [0.2, 0.25) is 22.0 Å². The molecule has 0 aliphatic heterocycles. The minimum Gasteiger partial charge on any atom is -0.219 e. The Balaban J connectivity index is 2.70. The van der Waals surface area contributed by atoms with E-state index in [1.807, 2.05) is 41.5 Å². The third kappa shape index (κ3) is 4.77. The molecule has 2 rings (SSSR count). The van der Waals surface area contributed by atoms with E-state index in [1.54, 1.807) is 12.1 Å². The van der Waals surface area contributed by atoms with E-state index in [1.165, 1.54) is 36.4 Å². The molecule has 0 N–H and O–H groups in total. The van der Waals surface area contributed by atoms with Gasteiger partial charge in [0.05, 0.1) is 21.2 Å². The van der Waals surface area contributed by atoms with E-state index >= 15 is 0 Å². The van der Waals surface area contributed by atoms with Crippen molar-refractivity contribution in [2.45, 2.75) is 62.2 Å². The van der Waals surface area contributed by atoms with Gasteiger partial charge in [-0.3, -0.25) is 0 Å². The maximum absolute atomic E-state index is 13.2. The molecule has 0 fully saturated rings. The zero-order chi connectivity index (χ0) is 22.0. The summed E-state index contributed by atoms with van der Waals surface area (Å²) in [5.41, 5.74) is 1.30. The Labute approximate surface area is 171 Å². The van der Waals surface area contributed by atoms with Gasteiger partial charge in [0.25, 0.3) is 0 Å². The van der Waals surface area contributed by atoms with Crippen molar-refractivity contribution in [1.82, 2.24) is 0 Å². The lowest BCUT2D eigenvalue weighted by Crippen LogP contribution is -2.13. The molecule has 0 saturated heterocycles. The van der Waals surface area contributed by atoms with Crippen LogP contribution in [-0.4, -0.2) is 20.6 Å². The molecule has 7 heteroatoms. The second kappa shape index (κ2) is 7.88. The van der Waals surface area contributed by atoms with Crippen LogP contribution in [0.2, 0.25) is 0 Å². The fourth-order valence-electron chi connectivity index (χ4n) is 3.05. The highest BCUT2D eigenvalue weighted by molar-refractivity contribution is 7.91. The van der Waals surface area contributed by atoms with Crippen molar-refractivity contribution in [3.8, 4) is 0 Å². The van der Waals surface area contributed by atoms with Crippen molar-refractivity contribution in [2.75, 3.05) is 0 Å². The van der Waals surface area contributed by atoms with Gasteiger partial charge in [-0.25, -0.2) is 18.0 Å². The van der Waals surface area contributed by atoms with Gasteiger partial charge in [-0.05, 0) is 46.2 Å². The number of hydrogen-bond donors (Lipinski definition) is 0. The van der Waals surface area contributed by atoms with Crippen LogP contribution >= 0.6 is 0 Å². The molecule has 0 radical (unpaired) electrons. The summed E-state index contributed by atoms with van der Waals surface area (Å²) in [5, 5.41) is 0. The summed E-state index contributed by atoms with van der Waals surface area (Å²) in [6.07, 6.45) is 2.97. The predicted molar refractivity (Wildman–Crippen MR) is 111 cm³/mol. The normalized spacial score (nSPS) is 12.1. The molecule has 0 atom stereocenters. The van der Waals surface area contributed by atoms with E-state index in [9.17, 15) is 18.0 Å². The number of isocyanates is 2. The summed E-state index contributed by atoms with van der Waals surface area (Å²) in [4.78, 5) is 29.1. The molecule has 2 aromatic carbocycles. The Morgan fingerprint density at radius 2 is 1.03 bits per heavy atom. The topological polar surface area (TPSA) is 93.0 Å². The average molecular weight is 413 g/mol. The Morgan fingerprint density at radius 3 is 1.31 bits per heavy atom. The molecule has 0 heterocycles. The zero-order valence-electron chi connectivity index (χ0n) is 17.4. The fraction of sp³-hybridized carbons (Fsp3) is 0.364. The molecule has 0 aliphatic rings. The highest BCUT2D eigenvalue weighted by Crippen LogP contribution is 2.37. The van der Waals surface area contributed by atoms with Crippen molar-refractivity contribution in [3.05, 3.63) is 47.5 Å². The van der Waals surface area contributed by atoms with Crippen molar-refractivity contribution in [2.24, 2.45) is 9.98 Å². The predicted octanol–water partition coefficient (Wildman–Crippen LogP) is 5.05. The molecule has 0 bridgehead atoms. The number of sulfone groups is 1. The van der Waals surface area contributed by atoms with E-state index in [4.69, 9.17) is 0 Å². The van der Waals surface area contributed by atoms with Gasteiger partial charge in [0, 0.05) is 0 Å². The summed E-state index contributed by atoms with van der Waals surface area (Å²) in [6.45, 7) is 11.6. The summed E-state index contributed by atoms with van der Waals surface area (Å²) >= 11 is 0. The molecule has 152 valence electrons. The van der Waals surface area contributed by atoms with Gasteiger partial charge in [0.15, 0.2) is 0 Å². The second-order valence-corrected chi connectivity index (χ2v) is 10.7. The van der Waals surface area contributed by atoms with Crippen LogP contribution in [0.1, 0.15) is 52.7 Å². The smallest absolute Gasteiger partial charge is 0.219 e. The molecule has 0 aliphatic carbocycles. The van der Waals surface area contributed by atoms with Crippen LogP contribution in [-0.2, 0) is 30.3 Å². The molecular weight excluding hydrogens is 388 g/mol. The average Bonchev–Trinajstić information content (AvgIpc) is 2.60. The van der Waals surface area contributed by atoms with Crippen molar-refractivity contribution >= 4 is 33.4 Å². The molecule has 6 nitrogen and oxygen atoms in total. The second-order valence-electron chi connectivity index (χ2n) is 8.77. The Hall–Kier alpha value is -2.85. The van der Waals surface area contributed by atoms with Crippen LogP contribution in [0, 0.1) is 0 Å². The van der Waals surface area contributed by atoms with Crippen LogP contribution < -0.4 is 0 Å². The minimum absolute atomic E-state index is 0.0101. The lowest BCUT2D eigenvalue weighted by atomic mass is 9.86. The summed E-state index contributed by atoms with van der Waals surface area (Å²) in [6, 6.07) is 9.00. The maximum Gasteiger partial charge on any atom is 0.240 e. The van der Waals surface area contributed by atoms with Crippen LogP contribution in [0.5, 0.6) is 0 Å². The molecule has 2 aromatic rings. The Morgan fingerprint density at radius 1 is 0.690 bits per heavy atom. The number of rotatable bonds is 4. The van der Waals surface area contributed by atoms with E-state index in [0.29, 0.717) is 0 Å². The number of nitrogens with zero attached hydrogens (tertiary/aromatic N) is 2. The Bertz CT molecular complexity index is 1050. The molecule has 0 unspecified atom stereocenters. The minimum atomic E-state index is -3.92. The van der Waals surface area contributed by atoms with Crippen LogP contribution in [0.25, 0.3) is 0 Å². The lowest BCUT2D eigenvalue weighted by molar-refractivity contribution is 0.563. The standard InChI is InChI=1S/C22H24N2O4S/c1-21(2,3)17-9-7-15(11-19(17)23-13-25)29(27,28)16-8-10-18(22(4,5)6)20(12-16)24-14-26/h7-12H,1-6H3. The first-order valence-corrected chi connectivity index (χ1v) is 10.5. The number of aliphatic imine (C=N–C) groups is 2. The maximum atomic E-state index is 13.2. The fourth-order valence-corrected chi connectivity index (χ4v) is 4.35. The molecule has 0 saturated carbocycles. The van der Waals surface area contributed by atoms with Gasteiger partial charge in [-0.2, -0.15) is 9.98 Å². The van der Waals surface area contributed by atoms with Crippen molar-refractivity contribution in [3.63, 3.8) is 0 Å². The van der Waals surface area contributed by atoms with Gasteiger partial charge < -0.3 is 0 Å². The molecule has 0 spiro atoms. The van der Waals surface area contributed by atoms with Crippen molar-refractivity contribution in [1.29, 1.82) is 0 Å². The lowest BCUT2D eigenvalue weighted by Gasteiger charge is -2.22. The first kappa shape index (κ1) is 22.4. The van der Waals surface area contributed by atoms with E-state index in [0.717, 1.165) is 11.1 Å². The third-order valence-electron chi connectivity index (χ3n) is 4.51. The molecular formula is C22H24N2O4S. The largest absolute Gasteiger partial charge is 0.240 e. The molecule has 0 amide bonds. The monoisotopic (exact) mass is 412 g/mol. The van der Waals surface area contributed by atoms with Gasteiger partial charge >= 0.3 is 0 Å². The SMILES string of the molecule is CC(C)(C)c1ccc(S(=O)(=O)c2ccc(C(C)(C)C)c(N=C=O)c2)cc1N=C=O. The van der Waals surface area contributed by atoms with E-state index in [-0.39, 0.29) is 32.0 Å². The van der Waals surface area contributed by atoms with Crippen LogP contribution in [0.15, 0.2) is 56.2 Å². The van der Waals surface area contributed by atoms with E-state index < -0.39 is 9.84 Å². The van der Waals surface area contributed by atoms with E-state index in [2.05, 4.69) is 9.98 Å². The Kier molecular flexibility index (Phi) is 6.10. The highest BCUT2D eigenvalue weighted by Gasteiger charge is 2.25. The molecule has 29 heavy (non-hydrogen) atoms. The third-order valence-corrected chi connectivity index (χ3v) is 6.26. The summed E-state index contributed by atoms with van der Waals surface area (Å²) < 4.78 is 26.4. The number of hydrogen-bond acceptors (Lipinski definition) is 6. The highest BCUT2D eigenvalue weighted by atomic mass is 32.2. The van der Waals surface area contributed by atoms with Gasteiger partial charge in [-0.15, -0.1) is 0 Å². The summed E-state index contributed by atoms with van der Waals surface area (Å²) in [5.74, 6) is 0. The van der Waals surface area contributed by atoms with Crippen LogP contribution in [0.4, 0.5) is 11.4 Å². The first-order chi connectivity index (χ1) is 13.3. The number of benzene rings is 2. The first-order valence-electron chi connectivity index (χ1n) is 9.02. The zero-order valence-corrected chi connectivity index (χ0v) is 18.2. The van der Waals surface area contributed by atoms with Gasteiger partial charge in [0.1, 0.15) is 0 Å². The van der Waals surface area contributed by atoms with Crippen molar-refractivity contribution < 1.29 is 18.0 Å². The number of carbonyl (C=O) groups excluding carboxylic acids is 2. The van der Waals surface area contributed by atoms with Gasteiger partial charge in [-0.1, -0.05) is 53.7 Å². The molecule has 0 aromatic heterocycles. The summed E-state index contributed by atoms with van der Waals surface area (Å²) in [7, 11) is -3.92. The quantitative estimate of drug-likeness (QED) is 0.519.